The van der Waals surface area contributed by atoms with E-state index < -0.39 is 0 Å². The lowest BCUT2D eigenvalue weighted by molar-refractivity contribution is 0.157. The highest BCUT2D eigenvalue weighted by Gasteiger charge is 2.33. The van der Waals surface area contributed by atoms with E-state index in [9.17, 15) is 4.79 Å². The third-order valence-electron chi connectivity index (χ3n) is 3.88. The van der Waals surface area contributed by atoms with Crippen LogP contribution in [0.5, 0.6) is 0 Å². The third-order valence-corrected chi connectivity index (χ3v) is 3.88. The van der Waals surface area contributed by atoms with Crippen LogP contribution in [0.4, 0.5) is 4.79 Å². The van der Waals surface area contributed by atoms with Crippen molar-refractivity contribution in [2.45, 2.75) is 25.9 Å². The first-order valence-corrected chi connectivity index (χ1v) is 7.22. The Morgan fingerprint density at radius 3 is 2.81 bits per heavy atom. The number of cyclic esters (lactones) is 1. The van der Waals surface area contributed by atoms with Gasteiger partial charge in [-0.2, -0.15) is 0 Å². The molecule has 5 nitrogen and oxygen atoms in total. The van der Waals surface area contributed by atoms with Gasteiger partial charge in [0.05, 0.1) is 6.04 Å². The van der Waals surface area contributed by atoms with Crippen molar-refractivity contribution in [1.82, 2.24) is 14.5 Å². The Kier molecular flexibility index (Phi) is 3.90. The van der Waals surface area contributed by atoms with Crippen LogP contribution in [0, 0.1) is 6.92 Å². The number of carbonyl (C=O) groups is 1. The molecule has 2 heterocycles. The minimum absolute atomic E-state index is 0.0302. The molecular weight excluding hydrogens is 266 g/mol. The summed E-state index contributed by atoms with van der Waals surface area (Å²) in [6.07, 6.45) is 4.43. The molecule has 1 amide bonds. The Bertz CT molecular complexity index is 609. The standard InChI is InChI=1S/C16H19N3O2/c1-13-17-8-11-18(13)9-5-10-19-15(12-21-16(19)20)14-6-3-2-4-7-14/h2-4,6-8,11,15H,5,9-10,12H2,1H3/t15-/m1/s1. The van der Waals surface area contributed by atoms with E-state index in [-0.39, 0.29) is 12.1 Å². The second-order valence-corrected chi connectivity index (χ2v) is 5.22. The zero-order valence-corrected chi connectivity index (χ0v) is 12.1. The summed E-state index contributed by atoms with van der Waals surface area (Å²) in [4.78, 5) is 17.9. The van der Waals surface area contributed by atoms with E-state index in [1.165, 1.54) is 0 Å². The van der Waals surface area contributed by atoms with Crippen LogP contribution in [0.3, 0.4) is 0 Å². The van der Waals surface area contributed by atoms with Crippen LogP contribution in [0.1, 0.15) is 23.9 Å². The number of ether oxygens (including phenoxy) is 1. The number of hydrogen-bond acceptors (Lipinski definition) is 3. The molecule has 5 heteroatoms. The number of imidazole rings is 1. The minimum Gasteiger partial charge on any atom is -0.447 e. The van der Waals surface area contributed by atoms with Crippen molar-refractivity contribution in [3.8, 4) is 0 Å². The van der Waals surface area contributed by atoms with Gasteiger partial charge in [0.2, 0.25) is 0 Å². The summed E-state index contributed by atoms with van der Waals surface area (Å²) < 4.78 is 7.31. The van der Waals surface area contributed by atoms with Crippen molar-refractivity contribution in [1.29, 1.82) is 0 Å². The van der Waals surface area contributed by atoms with Crippen molar-refractivity contribution in [2.75, 3.05) is 13.2 Å². The molecule has 21 heavy (non-hydrogen) atoms. The number of benzene rings is 1. The monoisotopic (exact) mass is 285 g/mol. The molecule has 1 aliphatic rings. The maximum absolute atomic E-state index is 11.9. The van der Waals surface area contributed by atoms with Crippen LogP contribution in [0.2, 0.25) is 0 Å². The number of amides is 1. The Labute approximate surface area is 124 Å². The highest BCUT2D eigenvalue weighted by Crippen LogP contribution is 2.27. The second-order valence-electron chi connectivity index (χ2n) is 5.22. The van der Waals surface area contributed by atoms with Gasteiger partial charge in [-0.15, -0.1) is 0 Å². The molecule has 0 bridgehead atoms. The molecule has 2 aromatic rings. The van der Waals surface area contributed by atoms with Gasteiger partial charge in [-0.3, -0.25) is 4.90 Å². The third kappa shape index (κ3) is 2.91. The molecule has 1 aliphatic heterocycles. The molecule has 0 aliphatic carbocycles. The van der Waals surface area contributed by atoms with E-state index in [1.807, 2.05) is 48.4 Å². The normalized spacial score (nSPS) is 18.0. The van der Waals surface area contributed by atoms with Crippen LogP contribution in [-0.4, -0.2) is 33.7 Å². The molecule has 1 aromatic carbocycles. The zero-order valence-electron chi connectivity index (χ0n) is 12.1. The molecule has 110 valence electrons. The van der Waals surface area contributed by atoms with Gasteiger partial charge in [0.15, 0.2) is 0 Å². The average molecular weight is 285 g/mol. The first-order chi connectivity index (χ1) is 10.3. The Hall–Kier alpha value is -2.30. The largest absolute Gasteiger partial charge is 0.447 e. The zero-order chi connectivity index (χ0) is 14.7. The summed E-state index contributed by atoms with van der Waals surface area (Å²) in [6, 6.07) is 10.1. The number of hydrogen-bond donors (Lipinski definition) is 0. The Morgan fingerprint density at radius 2 is 2.10 bits per heavy atom. The SMILES string of the molecule is Cc1nccn1CCCN1C(=O)OC[C@@H]1c1ccccc1. The molecule has 0 unspecified atom stereocenters. The van der Waals surface area contributed by atoms with Gasteiger partial charge in [0, 0.05) is 25.5 Å². The number of aryl methyl sites for hydroxylation is 2. The molecule has 0 spiro atoms. The smallest absolute Gasteiger partial charge is 0.410 e. The molecule has 1 fully saturated rings. The summed E-state index contributed by atoms with van der Waals surface area (Å²) in [5, 5.41) is 0. The predicted octanol–water partition coefficient (Wildman–Crippen LogP) is 2.78. The number of aromatic nitrogens is 2. The van der Waals surface area contributed by atoms with Crippen LogP contribution in [0.25, 0.3) is 0 Å². The molecule has 3 rings (SSSR count). The Balaban J connectivity index is 1.62. The lowest BCUT2D eigenvalue weighted by Crippen LogP contribution is -2.29. The lowest BCUT2D eigenvalue weighted by atomic mass is 10.1. The first kappa shape index (κ1) is 13.7. The molecular formula is C16H19N3O2. The molecule has 1 atom stereocenters. The summed E-state index contributed by atoms with van der Waals surface area (Å²) in [5.41, 5.74) is 1.13. The quantitative estimate of drug-likeness (QED) is 0.848. The maximum Gasteiger partial charge on any atom is 0.410 e. The summed E-state index contributed by atoms with van der Waals surface area (Å²) >= 11 is 0. The highest BCUT2D eigenvalue weighted by molar-refractivity contribution is 5.70. The van der Waals surface area contributed by atoms with Crippen molar-refractivity contribution < 1.29 is 9.53 Å². The molecule has 0 radical (unpaired) electrons. The van der Waals surface area contributed by atoms with Gasteiger partial charge in [-0.1, -0.05) is 30.3 Å². The van der Waals surface area contributed by atoms with E-state index in [2.05, 4.69) is 9.55 Å². The highest BCUT2D eigenvalue weighted by atomic mass is 16.6. The van der Waals surface area contributed by atoms with Crippen molar-refractivity contribution in [3.05, 3.63) is 54.1 Å². The van der Waals surface area contributed by atoms with Crippen LogP contribution < -0.4 is 0 Å². The second kappa shape index (κ2) is 5.99. The van der Waals surface area contributed by atoms with E-state index >= 15 is 0 Å². The van der Waals surface area contributed by atoms with Crippen LogP contribution in [-0.2, 0) is 11.3 Å². The van der Waals surface area contributed by atoms with Crippen LogP contribution >= 0.6 is 0 Å². The Morgan fingerprint density at radius 1 is 1.29 bits per heavy atom. The van der Waals surface area contributed by atoms with Gasteiger partial charge < -0.3 is 9.30 Å². The van der Waals surface area contributed by atoms with Crippen molar-refractivity contribution in [2.24, 2.45) is 0 Å². The van der Waals surface area contributed by atoms with Gasteiger partial charge in [-0.05, 0) is 18.9 Å². The van der Waals surface area contributed by atoms with E-state index in [0.29, 0.717) is 13.2 Å². The molecule has 0 N–H and O–H groups in total. The fraction of sp³-hybridized carbons (Fsp3) is 0.375. The van der Waals surface area contributed by atoms with Crippen molar-refractivity contribution >= 4 is 6.09 Å². The molecule has 0 saturated carbocycles. The van der Waals surface area contributed by atoms with Crippen molar-refractivity contribution in [3.63, 3.8) is 0 Å². The maximum atomic E-state index is 11.9. The summed E-state index contributed by atoms with van der Waals surface area (Å²) in [7, 11) is 0. The predicted molar refractivity (Wildman–Crippen MR) is 78.8 cm³/mol. The van der Waals surface area contributed by atoms with Crippen LogP contribution in [0.15, 0.2) is 42.7 Å². The molecule has 1 saturated heterocycles. The van der Waals surface area contributed by atoms with E-state index in [0.717, 1.165) is 24.4 Å². The average Bonchev–Trinajstić information content (AvgIpc) is 3.07. The van der Waals surface area contributed by atoms with E-state index in [4.69, 9.17) is 4.74 Å². The number of rotatable bonds is 5. The van der Waals surface area contributed by atoms with Gasteiger partial charge >= 0.3 is 6.09 Å². The van der Waals surface area contributed by atoms with E-state index in [1.54, 1.807) is 6.20 Å². The first-order valence-electron chi connectivity index (χ1n) is 7.22. The number of carbonyl (C=O) groups excluding carboxylic acids is 1. The van der Waals surface area contributed by atoms with Gasteiger partial charge in [0.25, 0.3) is 0 Å². The lowest BCUT2D eigenvalue weighted by Gasteiger charge is -2.21. The van der Waals surface area contributed by atoms with Gasteiger partial charge in [0.1, 0.15) is 12.4 Å². The van der Waals surface area contributed by atoms with Gasteiger partial charge in [-0.25, -0.2) is 9.78 Å². The number of nitrogens with zero attached hydrogens (tertiary/aromatic N) is 3. The fourth-order valence-electron chi connectivity index (χ4n) is 2.70. The summed E-state index contributed by atoms with van der Waals surface area (Å²) in [6.45, 7) is 3.97. The molecule has 1 aromatic heterocycles. The fourth-order valence-corrected chi connectivity index (χ4v) is 2.70. The summed E-state index contributed by atoms with van der Waals surface area (Å²) in [5.74, 6) is 0.999. The minimum atomic E-state index is -0.216. The topological polar surface area (TPSA) is 47.4 Å².